The Bertz CT molecular complexity index is 1080. The maximum Gasteiger partial charge on any atom is 0.242 e. The van der Waals surface area contributed by atoms with E-state index in [2.05, 4.69) is 16.7 Å². The Hall–Kier alpha value is -3.05. The Balaban J connectivity index is 1.75. The molecule has 0 aliphatic rings. The second-order valence-corrected chi connectivity index (χ2v) is 10.8. The van der Waals surface area contributed by atoms with Gasteiger partial charge in [0.2, 0.25) is 11.8 Å². The number of hydrogen-bond acceptors (Lipinski definition) is 3. The third kappa shape index (κ3) is 7.79. The van der Waals surface area contributed by atoms with Gasteiger partial charge < -0.3 is 10.6 Å². The second kappa shape index (κ2) is 10.7. The van der Waals surface area contributed by atoms with Gasteiger partial charge in [-0.05, 0) is 72.4 Å². The van der Waals surface area contributed by atoms with Gasteiger partial charge in [-0.1, -0.05) is 57.2 Å². The van der Waals surface area contributed by atoms with Crippen LogP contribution < -0.4 is 10.6 Å². The molecular formula is C28H32N2O2S. The summed E-state index contributed by atoms with van der Waals surface area (Å²) in [5.41, 5.74) is 4.65. The number of hydrogen-bond donors (Lipinski definition) is 2. The molecule has 2 N–H and O–H groups in total. The van der Waals surface area contributed by atoms with E-state index >= 15 is 0 Å². The molecule has 33 heavy (non-hydrogen) atoms. The first-order chi connectivity index (χ1) is 15.6. The minimum Gasteiger partial charge on any atom is -0.326 e. The number of carbonyl (C=O) groups excluding carboxylic acids is 2. The van der Waals surface area contributed by atoms with Crippen LogP contribution in [0.3, 0.4) is 0 Å². The highest BCUT2D eigenvalue weighted by Gasteiger charge is 2.22. The molecule has 0 aliphatic heterocycles. The Morgan fingerprint density at radius 3 is 2.00 bits per heavy atom. The smallest absolute Gasteiger partial charge is 0.242 e. The van der Waals surface area contributed by atoms with Crippen molar-refractivity contribution in [2.45, 2.75) is 51.2 Å². The van der Waals surface area contributed by atoms with Crippen LogP contribution in [0.5, 0.6) is 0 Å². The van der Waals surface area contributed by atoms with Gasteiger partial charge in [0.25, 0.3) is 0 Å². The van der Waals surface area contributed by atoms with Crippen LogP contribution in [-0.4, -0.2) is 11.8 Å². The predicted octanol–water partition coefficient (Wildman–Crippen LogP) is 7.15. The van der Waals surface area contributed by atoms with E-state index in [1.165, 1.54) is 11.8 Å². The van der Waals surface area contributed by atoms with Crippen LogP contribution in [0.4, 0.5) is 11.4 Å². The van der Waals surface area contributed by atoms with Gasteiger partial charge in [-0.2, -0.15) is 0 Å². The Morgan fingerprint density at radius 1 is 0.818 bits per heavy atom. The molecule has 0 bridgehead atoms. The number of anilines is 2. The monoisotopic (exact) mass is 460 g/mol. The van der Waals surface area contributed by atoms with Crippen LogP contribution in [-0.2, 0) is 9.59 Å². The quantitative estimate of drug-likeness (QED) is 0.368. The Kier molecular flexibility index (Phi) is 7.98. The summed E-state index contributed by atoms with van der Waals surface area (Å²) in [6.45, 7) is 10.2. The number of thioether (sulfide) groups is 1. The summed E-state index contributed by atoms with van der Waals surface area (Å²) in [6.07, 6.45) is 0.457. The van der Waals surface area contributed by atoms with Crippen molar-refractivity contribution in [1.82, 2.24) is 0 Å². The largest absolute Gasteiger partial charge is 0.326 e. The van der Waals surface area contributed by atoms with Gasteiger partial charge in [-0.3, -0.25) is 9.59 Å². The molecule has 5 heteroatoms. The lowest BCUT2D eigenvalue weighted by molar-refractivity contribution is -0.118. The molecule has 0 heterocycles. The van der Waals surface area contributed by atoms with Gasteiger partial charge >= 0.3 is 0 Å². The molecule has 0 saturated carbocycles. The van der Waals surface area contributed by atoms with E-state index in [1.807, 2.05) is 101 Å². The average molecular weight is 461 g/mol. The van der Waals surface area contributed by atoms with E-state index in [0.29, 0.717) is 6.42 Å². The maximum atomic E-state index is 13.3. The molecule has 0 radical (unpaired) electrons. The number of amides is 2. The summed E-state index contributed by atoms with van der Waals surface area (Å²) in [7, 11) is 0. The van der Waals surface area contributed by atoms with E-state index < -0.39 is 5.25 Å². The number of carbonyl (C=O) groups is 2. The van der Waals surface area contributed by atoms with Gasteiger partial charge in [-0.25, -0.2) is 0 Å². The van der Waals surface area contributed by atoms with E-state index in [-0.39, 0.29) is 17.2 Å². The minimum atomic E-state index is -0.409. The van der Waals surface area contributed by atoms with Crippen molar-refractivity contribution in [3.05, 3.63) is 89.5 Å². The summed E-state index contributed by atoms with van der Waals surface area (Å²) < 4.78 is 0. The molecule has 0 fully saturated rings. The van der Waals surface area contributed by atoms with E-state index in [9.17, 15) is 9.59 Å². The third-order valence-electron chi connectivity index (χ3n) is 4.91. The zero-order valence-corrected chi connectivity index (χ0v) is 20.8. The molecule has 0 saturated heterocycles. The molecule has 3 aromatic rings. The van der Waals surface area contributed by atoms with Crippen LogP contribution in [0.25, 0.3) is 0 Å². The van der Waals surface area contributed by atoms with Gasteiger partial charge in [0, 0.05) is 22.7 Å². The molecule has 1 unspecified atom stereocenters. The standard InChI is InChI=1S/C28H32N2O2S/c1-19-15-20(2)17-23(16-19)30-27(32)26(21-9-7-6-8-10-21)33-24-13-11-22(12-14-24)29-25(31)18-28(3,4)5/h6-17,26H,18H2,1-5H3,(H,29,31)(H,30,32). The average Bonchev–Trinajstić information content (AvgIpc) is 2.71. The summed E-state index contributed by atoms with van der Waals surface area (Å²) >= 11 is 1.49. The first-order valence-corrected chi connectivity index (χ1v) is 12.0. The van der Waals surface area contributed by atoms with Crippen molar-refractivity contribution < 1.29 is 9.59 Å². The Morgan fingerprint density at radius 2 is 1.42 bits per heavy atom. The number of rotatable bonds is 7. The topological polar surface area (TPSA) is 58.2 Å². The highest BCUT2D eigenvalue weighted by Crippen LogP contribution is 2.37. The van der Waals surface area contributed by atoms with Crippen LogP contribution >= 0.6 is 11.8 Å². The molecule has 0 aromatic heterocycles. The van der Waals surface area contributed by atoms with Gasteiger partial charge in [0.1, 0.15) is 5.25 Å². The molecule has 3 aromatic carbocycles. The lowest BCUT2D eigenvalue weighted by Crippen LogP contribution is -2.19. The zero-order valence-electron chi connectivity index (χ0n) is 19.9. The van der Waals surface area contributed by atoms with Gasteiger partial charge in [0.15, 0.2) is 0 Å². The summed E-state index contributed by atoms with van der Waals surface area (Å²) in [4.78, 5) is 26.5. The SMILES string of the molecule is Cc1cc(C)cc(NC(=O)C(Sc2ccc(NC(=O)CC(C)(C)C)cc2)c2ccccc2)c1. The minimum absolute atomic E-state index is 0.00195. The van der Waals surface area contributed by atoms with Crippen LogP contribution in [0.1, 0.15) is 49.1 Å². The molecule has 2 amide bonds. The van der Waals surface area contributed by atoms with Crippen molar-refractivity contribution >= 4 is 35.0 Å². The Labute approximate surface area is 201 Å². The lowest BCUT2D eigenvalue weighted by Gasteiger charge is -2.18. The predicted molar refractivity (Wildman–Crippen MR) is 139 cm³/mol. The van der Waals surface area contributed by atoms with Crippen molar-refractivity contribution in [3.63, 3.8) is 0 Å². The van der Waals surface area contributed by atoms with Crippen molar-refractivity contribution in [2.24, 2.45) is 5.41 Å². The molecular weight excluding hydrogens is 428 g/mol. The summed E-state index contributed by atoms with van der Waals surface area (Å²) in [6, 6.07) is 23.5. The molecule has 172 valence electrons. The van der Waals surface area contributed by atoms with Crippen molar-refractivity contribution in [1.29, 1.82) is 0 Å². The zero-order chi connectivity index (χ0) is 24.0. The normalized spacial score (nSPS) is 12.2. The fourth-order valence-electron chi connectivity index (χ4n) is 3.60. The summed E-state index contributed by atoms with van der Waals surface area (Å²) in [5.74, 6) is -0.0725. The molecule has 0 spiro atoms. The summed E-state index contributed by atoms with van der Waals surface area (Å²) in [5, 5.41) is 5.63. The molecule has 3 rings (SSSR count). The van der Waals surface area contributed by atoms with Crippen molar-refractivity contribution in [3.8, 4) is 0 Å². The number of benzene rings is 3. The number of aryl methyl sites for hydroxylation is 2. The number of nitrogens with one attached hydrogen (secondary N) is 2. The van der Waals surface area contributed by atoms with E-state index in [4.69, 9.17) is 0 Å². The fourth-order valence-corrected chi connectivity index (χ4v) is 4.62. The molecule has 4 nitrogen and oxygen atoms in total. The van der Waals surface area contributed by atoms with Crippen LogP contribution in [0.15, 0.2) is 77.7 Å². The molecule has 0 aliphatic carbocycles. The fraction of sp³-hybridized carbons (Fsp3) is 0.286. The van der Waals surface area contributed by atoms with E-state index in [0.717, 1.165) is 33.0 Å². The second-order valence-electron chi connectivity index (χ2n) is 9.58. The van der Waals surface area contributed by atoms with Crippen LogP contribution in [0.2, 0.25) is 0 Å². The van der Waals surface area contributed by atoms with Crippen LogP contribution in [0, 0.1) is 19.3 Å². The van der Waals surface area contributed by atoms with Crippen molar-refractivity contribution in [2.75, 3.05) is 10.6 Å². The third-order valence-corrected chi connectivity index (χ3v) is 6.18. The first-order valence-electron chi connectivity index (χ1n) is 11.1. The maximum absolute atomic E-state index is 13.3. The van der Waals surface area contributed by atoms with E-state index in [1.54, 1.807) is 0 Å². The highest BCUT2D eigenvalue weighted by atomic mass is 32.2. The first kappa shape index (κ1) is 24.6. The van der Waals surface area contributed by atoms with Gasteiger partial charge in [0.05, 0.1) is 0 Å². The molecule has 1 atom stereocenters. The highest BCUT2D eigenvalue weighted by molar-refractivity contribution is 8.00. The van der Waals surface area contributed by atoms with Gasteiger partial charge in [-0.15, -0.1) is 11.8 Å². The lowest BCUT2D eigenvalue weighted by atomic mass is 9.92.